The SMILES string of the molecule is CC(C)(C)c1nc(COC(=O)COCC2CC2)co1. The highest BCUT2D eigenvalue weighted by molar-refractivity contribution is 5.70. The molecule has 1 aliphatic rings. The third-order valence-corrected chi connectivity index (χ3v) is 2.84. The minimum atomic E-state index is -0.360. The summed E-state index contributed by atoms with van der Waals surface area (Å²) in [7, 11) is 0. The Morgan fingerprint density at radius 2 is 2.21 bits per heavy atom. The molecule has 0 amide bonds. The van der Waals surface area contributed by atoms with Gasteiger partial charge < -0.3 is 13.9 Å². The van der Waals surface area contributed by atoms with E-state index in [0.29, 0.717) is 24.1 Å². The molecule has 1 aliphatic carbocycles. The van der Waals surface area contributed by atoms with Gasteiger partial charge in [-0.2, -0.15) is 0 Å². The molecular formula is C14H21NO4. The fourth-order valence-electron chi connectivity index (χ4n) is 1.51. The molecule has 0 radical (unpaired) electrons. The van der Waals surface area contributed by atoms with Crippen LogP contribution in [-0.2, 0) is 26.3 Å². The van der Waals surface area contributed by atoms with Gasteiger partial charge in [-0.15, -0.1) is 0 Å². The van der Waals surface area contributed by atoms with Crippen molar-refractivity contribution in [2.45, 2.75) is 45.6 Å². The Bertz CT molecular complexity index is 429. The van der Waals surface area contributed by atoms with Crippen LogP contribution in [0.15, 0.2) is 10.7 Å². The van der Waals surface area contributed by atoms with Crippen molar-refractivity contribution in [1.29, 1.82) is 0 Å². The van der Waals surface area contributed by atoms with E-state index in [1.54, 1.807) is 0 Å². The van der Waals surface area contributed by atoms with E-state index in [-0.39, 0.29) is 24.6 Å². The Morgan fingerprint density at radius 1 is 1.47 bits per heavy atom. The van der Waals surface area contributed by atoms with Crippen LogP contribution in [0.5, 0.6) is 0 Å². The van der Waals surface area contributed by atoms with Gasteiger partial charge in [0, 0.05) is 5.41 Å². The second-order valence-corrected chi connectivity index (χ2v) is 6.01. The number of aromatic nitrogens is 1. The van der Waals surface area contributed by atoms with Crippen molar-refractivity contribution in [3.8, 4) is 0 Å². The lowest BCUT2D eigenvalue weighted by Gasteiger charge is -2.11. The molecule has 106 valence electrons. The summed E-state index contributed by atoms with van der Waals surface area (Å²) in [6, 6.07) is 0. The molecule has 1 aromatic rings. The lowest BCUT2D eigenvalue weighted by atomic mass is 9.97. The number of esters is 1. The molecule has 0 spiro atoms. The second kappa shape index (κ2) is 5.74. The second-order valence-electron chi connectivity index (χ2n) is 6.01. The maximum atomic E-state index is 11.4. The largest absolute Gasteiger partial charge is 0.457 e. The quantitative estimate of drug-likeness (QED) is 0.741. The van der Waals surface area contributed by atoms with Crippen molar-refractivity contribution in [3.63, 3.8) is 0 Å². The Kier molecular flexibility index (Phi) is 4.24. The van der Waals surface area contributed by atoms with E-state index < -0.39 is 0 Å². The maximum Gasteiger partial charge on any atom is 0.332 e. The molecule has 1 saturated carbocycles. The number of hydrogen-bond acceptors (Lipinski definition) is 5. The first-order chi connectivity index (χ1) is 8.95. The standard InChI is InChI=1S/C14H21NO4/c1-14(2,3)13-15-11(8-19-13)7-18-12(16)9-17-6-10-4-5-10/h8,10H,4-7,9H2,1-3H3. The molecule has 2 rings (SSSR count). The van der Waals surface area contributed by atoms with Crippen LogP contribution in [0.4, 0.5) is 0 Å². The first-order valence-electron chi connectivity index (χ1n) is 6.63. The summed E-state index contributed by atoms with van der Waals surface area (Å²) in [5.41, 5.74) is 0.482. The molecule has 0 N–H and O–H groups in total. The van der Waals surface area contributed by atoms with Crippen LogP contribution in [0, 0.1) is 5.92 Å². The number of rotatable bonds is 6. The zero-order valence-electron chi connectivity index (χ0n) is 11.8. The summed E-state index contributed by atoms with van der Waals surface area (Å²) in [6.07, 6.45) is 3.95. The van der Waals surface area contributed by atoms with E-state index in [4.69, 9.17) is 13.9 Å². The van der Waals surface area contributed by atoms with E-state index in [0.717, 1.165) is 0 Å². The highest BCUT2D eigenvalue weighted by Crippen LogP contribution is 2.28. The predicted molar refractivity (Wildman–Crippen MR) is 68.5 cm³/mol. The number of carbonyl (C=O) groups is 1. The van der Waals surface area contributed by atoms with Crippen LogP contribution < -0.4 is 0 Å². The average molecular weight is 267 g/mol. The van der Waals surface area contributed by atoms with Crippen LogP contribution >= 0.6 is 0 Å². The summed E-state index contributed by atoms with van der Waals surface area (Å²) >= 11 is 0. The van der Waals surface area contributed by atoms with Crippen molar-refractivity contribution in [3.05, 3.63) is 17.8 Å². The summed E-state index contributed by atoms with van der Waals surface area (Å²) in [6.45, 7) is 6.85. The molecule has 0 saturated heterocycles. The van der Waals surface area contributed by atoms with E-state index in [1.165, 1.54) is 19.1 Å². The normalized spacial score (nSPS) is 15.5. The van der Waals surface area contributed by atoms with Crippen molar-refractivity contribution in [2.75, 3.05) is 13.2 Å². The number of carbonyl (C=O) groups excluding carboxylic acids is 1. The number of ether oxygens (including phenoxy) is 2. The molecule has 1 aromatic heterocycles. The van der Waals surface area contributed by atoms with Gasteiger partial charge in [0.1, 0.15) is 25.2 Å². The highest BCUT2D eigenvalue weighted by atomic mass is 16.6. The molecule has 0 aliphatic heterocycles. The third kappa shape index (κ3) is 4.67. The Morgan fingerprint density at radius 3 is 2.79 bits per heavy atom. The smallest absolute Gasteiger partial charge is 0.332 e. The Hall–Kier alpha value is -1.36. The van der Waals surface area contributed by atoms with Crippen LogP contribution in [0.2, 0.25) is 0 Å². The summed E-state index contributed by atoms with van der Waals surface area (Å²) in [4.78, 5) is 15.7. The number of hydrogen-bond donors (Lipinski definition) is 0. The molecule has 5 nitrogen and oxygen atoms in total. The first kappa shape index (κ1) is 14.1. The predicted octanol–water partition coefficient (Wildman–Crippen LogP) is 2.44. The first-order valence-corrected chi connectivity index (χ1v) is 6.63. The van der Waals surface area contributed by atoms with Gasteiger partial charge >= 0.3 is 5.97 Å². The Labute approximate surface area is 113 Å². The average Bonchev–Trinajstić information content (AvgIpc) is 3.01. The maximum absolute atomic E-state index is 11.4. The van der Waals surface area contributed by atoms with Gasteiger partial charge in [0.2, 0.25) is 0 Å². The molecule has 5 heteroatoms. The van der Waals surface area contributed by atoms with E-state index >= 15 is 0 Å². The minimum Gasteiger partial charge on any atom is -0.457 e. The topological polar surface area (TPSA) is 61.6 Å². The summed E-state index contributed by atoms with van der Waals surface area (Å²) < 4.78 is 15.7. The molecule has 19 heavy (non-hydrogen) atoms. The van der Waals surface area contributed by atoms with Crippen LogP contribution in [0.25, 0.3) is 0 Å². The molecule has 0 atom stereocenters. The van der Waals surface area contributed by atoms with Gasteiger partial charge in [-0.3, -0.25) is 0 Å². The van der Waals surface area contributed by atoms with Gasteiger partial charge in [0.15, 0.2) is 5.89 Å². The molecule has 1 fully saturated rings. The monoisotopic (exact) mass is 267 g/mol. The van der Waals surface area contributed by atoms with Crippen molar-refractivity contribution < 1.29 is 18.7 Å². The number of nitrogens with zero attached hydrogens (tertiary/aromatic N) is 1. The molecule has 0 unspecified atom stereocenters. The lowest BCUT2D eigenvalue weighted by molar-refractivity contribution is -0.150. The van der Waals surface area contributed by atoms with E-state index in [9.17, 15) is 4.79 Å². The van der Waals surface area contributed by atoms with E-state index in [1.807, 2.05) is 20.8 Å². The van der Waals surface area contributed by atoms with Gasteiger partial charge in [-0.05, 0) is 18.8 Å². The van der Waals surface area contributed by atoms with Crippen molar-refractivity contribution in [2.24, 2.45) is 5.92 Å². The zero-order chi connectivity index (χ0) is 13.9. The van der Waals surface area contributed by atoms with Gasteiger partial charge in [-0.1, -0.05) is 20.8 Å². The van der Waals surface area contributed by atoms with Gasteiger partial charge in [0.25, 0.3) is 0 Å². The van der Waals surface area contributed by atoms with Gasteiger partial charge in [0.05, 0.1) is 6.61 Å². The van der Waals surface area contributed by atoms with Crippen LogP contribution in [0.3, 0.4) is 0 Å². The van der Waals surface area contributed by atoms with Crippen molar-refractivity contribution >= 4 is 5.97 Å². The van der Waals surface area contributed by atoms with Crippen LogP contribution in [0.1, 0.15) is 45.2 Å². The zero-order valence-corrected chi connectivity index (χ0v) is 11.8. The molecule has 0 bridgehead atoms. The summed E-state index contributed by atoms with van der Waals surface area (Å²) in [5, 5.41) is 0. The fraction of sp³-hybridized carbons (Fsp3) is 0.714. The highest BCUT2D eigenvalue weighted by Gasteiger charge is 2.22. The minimum absolute atomic E-state index is 0.0144. The molecule has 1 heterocycles. The lowest BCUT2D eigenvalue weighted by Crippen LogP contribution is -2.14. The summed E-state index contributed by atoms with van der Waals surface area (Å²) in [5.74, 6) is 0.933. The van der Waals surface area contributed by atoms with E-state index in [2.05, 4.69) is 4.98 Å². The third-order valence-electron chi connectivity index (χ3n) is 2.84. The fourth-order valence-corrected chi connectivity index (χ4v) is 1.51. The van der Waals surface area contributed by atoms with Gasteiger partial charge in [-0.25, -0.2) is 9.78 Å². The molecule has 0 aromatic carbocycles. The Balaban J connectivity index is 1.69. The number of oxazole rings is 1. The van der Waals surface area contributed by atoms with Crippen LogP contribution in [-0.4, -0.2) is 24.2 Å². The molecular weight excluding hydrogens is 246 g/mol. The van der Waals surface area contributed by atoms with Crippen molar-refractivity contribution in [1.82, 2.24) is 4.98 Å².